The van der Waals surface area contributed by atoms with Crippen molar-refractivity contribution in [2.45, 2.75) is 57.5 Å². The van der Waals surface area contributed by atoms with Crippen LogP contribution in [0.2, 0.25) is 5.02 Å². The molecule has 0 radical (unpaired) electrons. The zero-order chi connectivity index (χ0) is 18.4. The summed E-state index contributed by atoms with van der Waals surface area (Å²) in [6.07, 6.45) is 8.73. The van der Waals surface area contributed by atoms with Crippen molar-refractivity contribution >= 4 is 29.1 Å². The fourth-order valence-electron chi connectivity index (χ4n) is 3.62. The lowest BCUT2D eigenvalue weighted by Crippen LogP contribution is -2.27. The normalized spacial score (nSPS) is 18.3. The summed E-state index contributed by atoms with van der Waals surface area (Å²) in [5.41, 5.74) is 1.15. The summed E-state index contributed by atoms with van der Waals surface area (Å²) in [4.78, 5) is 26.0. The van der Waals surface area contributed by atoms with Crippen LogP contribution in [-0.4, -0.2) is 37.6 Å². The molecule has 1 saturated heterocycles. The van der Waals surface area contributed by atoms with Gasteiger partial charge in [-0.2, -0.15) is 0 Å². The Morgan fingerprint density at radius 1 is 1.23 bits per heavy atom. The number of benzene rings is 1. The highest BCUT2D eigenvalue weighted by molar-refractivity contribution is 6.34. The van der Waals surface area contributed by atoms with E-state index >= 15 is 0 Å². The molecule has 2 fully saturated rings. The molecule has 1 saturated carbocycles. The maximum atomic E-state index is 12.4. The van der Waals surface area contributed by atoms with Gasteiger partial charge < -0.3 is 15.0 Å². The Morgan fingerprint density at radius 2 is 2.04 bits per heavy atom. The average Bonchev–Trinajstić information content (AvgIpc) is 3.08. The molecule has 5 nitrogen and oxygen atoms in total. The molecular formula is C20H27ClN2O3. The van der Waals surface area contributed by atoms with E-state index in [1.807, 2.05) is 0 Å². The van der Waals surface area contributed by atoms with Gasteiger partial charge in [0.05, 0.1) is 16.8 Å². The standard InChI is InChI=1S/C20H27ClN2O3/c21-17-10-9-15(14-18(17)23-12-4-8-19(23)24)20(25)22-11-5-13-26-16-6-2-1-3-7-16/h9-10,14,16H,1-8,11-13H2,(H,22,25). The van der Waals surface area contributed by atoms with Crippen molar-refractivity contribution in [3.05, 3.63) is 28.8 Å². The molecule has 1 N–H and O–H groups in total. The number of hydrogen-bond donors (Lipinski definition) is 1. The quantitative estimate of drug-likeness (QED) is 0.731. The van der Waals surface area contributed by atoms with Crippen LogP contribution < -0.4 is 10.2 Å². The SMILES string of the molecule is O=C(NCCCOC1CCCCC1)c1ccc(Cl)c(N2CCCC2=O)c1. The molecular weight excluding hydrogens is 352 g/mol. The van der Waals surface area contributed by atoms with Gasteiger partial charge in [0.25, 0.3) is 5.91 Å². The van der Waals surface area contributed by atoms with Gasteiger partial charge in [0.1, 0.15) is 0 Å². The third-order valence-electron chi connectivity index (χ3n) is 5.08. The Kier molecular flexibility index (Phi) is 6.92. The number of rotatable bonds is 7. The van der Waals surface area contributed by atoms with Gasteiger partial charge in [-0.1, -0.05) is 30.9 Å². The Bertz CT molecular complexity index is 644. The molecule has 1 aliphatic carbocycles. The molecule has 1 aliphatic heterocycles. The van der Waals surface area contributed by atoms with Crippen LogP contribution in [0.5, 0.6) is 0 Å². The van der Waals surface area contributed by atoms with E-state index < -0.39 is 0 Å². The van der Waals surface area contributed by atoms with Crippen LogP contribution in [-0.2, 0) is 9.53 Å². The van der Waals surface area contributed by atoms with E-state index in [9.17, 15) is 9.59 Å². The predicted octanol–water partition coefficient (Wildman–Crippen LogP) is 3.94. The minimum atomic E-state index is -0.146. The highest BCUT2D eigenvalue weighted by atomic mass is 35.5. The van der Waals surface area contributed by atoms with Gasteiger partial charge in [-0.15, -0.1) is 0 Å². The molecule has 1 heterocycles. The van der Waals surface area contributed by atoms with Gasteiger partial charge in [0.2, 0.25) is 5.91 Å². The Morgan fingerprint density at radius 3 is 2.77 bits per heavy atom. The summed E-state index contributed by atoms with van der Waals surface area (Å²) in [6, 6.07) is 5.09. The summed E-state index contributed by atoms with van der Waals surface area (Å²) in [5, 5.41) is 3.42. The number of nitrogens with zero attached hydrogens (tertiary/aromatic N) is 1. The summed E-state index contributed by atoms with van der Waals surface area (Å²) in [5.74, 6) is -0.0865. The average molecular weight is 379 g/mol. The van der Waals surface area contributed by atoms with Gasteiger partial charge in [0, 0.05) is 31.7 Å². The molecule has 0 unspecified atom stereocenters. The van der Waals surface area contributed by atoms with Crippen LogP contribution >= 0.6 is 11.6 Å². The van der Waals surface area contributed by atoms with Crippen LogP contribution in [0.3, 0.4) is 0 Å². The Hall–Kier alpha value is -1.59. The fraction of sp³-hybridized carbons (Fsp3) is 0.600. The summed E-state index contributed by atoms with van der Waals surface area (Å²) >= 11 is 6.22. The van der Waals surface area contributed by atoms with Crippen molar-refractivity contribution in [2.75, 3.05) is 24.6 Å². The third-order valence-corrected chi connectivity index (χ3v) is 5.40. The van der Waals surface area contributed by atoms with Crippen molar-refractivity contribution in [3.8, 4) is 0 Å². The number of carbonyl (C=O) groups excluding carboxylic acids is 2. The van der Waals surface area contributed by atoms with Crippen LogP contribution in [0.15, 0.2) is 18.2 Å². The minimum absolute atomic E-state index is 0.0596. The zero-order valence-corrected chi connectivity index (χ0v) is 15.9. The number of anilines is 1. The van der Waals surface area contributed by atoms with Crippen molar-refractivity contribution in [2.24, 2.45) is 0 Å². The molecule has 2 aliphatic rings. The van der Waals surface area contributed by atoms with Crippen LogP contribution in [0.4, 0.5) is 5.69 Å². The second kappa shape index (κ2) is 9.38. The number of carbonyl (C=O) groups is 2. The Balaban J connectivity index is 1.46. The molecule has 6 heteroatoms. The van der Waals surface area contributed by atoms with Gasteiger partial charge in [-0.25, -0.2) is 0 Å². The predicted molar refractivity (Wildman–Crippen MR) is 103 cm³/mol. The van der Waals surface area contributed by atoms with E-state index in [1.54, 1.807) is 23.1 Å². The summed E-state index contributed by atoms with van der Waals surface area (Å²) in [7, 11) is 0. The first-order valence-electron chi connectivity index (χ1n) is 9.65. The number of hydrogen-bond acceptors (Lipinski definition) is 3. The van der Waals surface area contributed by atoms with Crippen molar-refractivity contribution in [3.63, 3.8) is 0 Å². The van der Waals surface area contributed by atoms with Gasteiger partial charge in [-0.3, -0.25) is 9.59 Å². The van der Waals surface area contributed by atoms with Gasteiger partial charge in [-0.05, 0) is 43.9 Å². The van der Waals surface area contributed by atoms with E-state index in [0.717, 1.165) is 25.7 Å². The van der Waals surface area contributed by atoms with Crippen LogP contribution in [0.25, 0.3) is 0 Å². The highest BCUT2D eigenvalue weighted by Gasteiger charge is 2.24. The van der Waals surface area contributed by atoms with Gasteiger partial charge in [0.15, 0.2) is 0 Å². The lowest BCUT2D eigenvalue weighted by Gasteiger charge is -2.22. The smallest absolute Gasteiger partial charge is 0.251 e. The maximum absolute atomic E-state index is 12.4. The molecule has 0 bridgehead atoms. The third kappa shape index (κ3) is 4.98. The number of nitrogens with one attached hydrogen (secondary N) is 1. The largest absolute Gasteiger partial charge is 0.378 e. The molecule has 142 valence electrons. The number of ether oxygens (including phenoxy) is 1. The molecule has 1 aromatic carbocycles. The second-order valence-corrected chi connectivity index (χ2v) is 7.46. The van der Waals surface area contributed by atoms with E-state index in [0.29, 0.717) is 48.5 Å². The minimum Gasteiger partial charge on any atom is -0.378 e. The summed E-state index contributed by atoms with van der Waals surface area (Å²) in [6.45, 7) is 1.91. The first-order chi connectivity index (χ1) is 12.6. The van der Waals surface area contributed by atoms with E-state index in [2.05, 4.69) is 5.32 Å². The van der Waals surface area contributed by atoms with E-state index in [-0.39, 0.29) is 11.8 Å². The molecule has 0 atom stereocenters. The maximum Gasteiger partial charge on any atom is 0.251 e. The molecule has 2 amide bonds. The molecule has 0 aromatic heterocycles. The molecule has 26 heavy (non-hydrogen) atoms. The zero-order valence-electron chi connectivity index (χ0n) is 15.1. The second-order valence-electron chi connectivity index (χ2n) is 7.06. The molecule has 1 aromatic rings. The Labute approximate surface area is 160 Å². The first kappa shape index (κ1) is 19.2. The van der Waals surface area contributed by atoms with E-state index in [1.165, 1.54) is 19.3 Å². The van der Waals surface area contributed by atoms with Crippen molar-refractivity contribution in [1.29, 1.82) is 0 Å². The van der Waals surface area contributed by atoms with Crippen LogP contribution in [0, 0.1) is 0 Å². The van der Waals surface area contributed by atoms with Crippen molar-refractivity contribution in [1.82, 2.24) is 5.32 Å². The monoisotopic (exact) mass is 378 g/mol. The lowest BCUT2D eigenvalue weighted by atomic mass is 9.98. The van der Waals surface area contributed by atoms with Crippen LogP contribution in [0.1, 0.15) is 61.7 Å². The molecule has 0 spiro atoms. The lowest BCUT2D eigenvalue weighted by molar-refractivity contribution is -0.117. The highest BCUT2D eigenvalue weighted by Crippen LogP contribution is 2.30. The summed E-state index contributed by atoms with van der Waals surface area (Å²) < 4.78 is 5.87. The van der Waals surface area contributed by atoms with Gasteiger partial charge >= 0.3 is 0 Å². The molecule has 3 rings (SSSR count). The number of halogens is 1. The fourth-order valence-corrected chi connectivity index (χ4v) is 3.84. The van der Waals surface area contributed by atoms with Crippen molar-refractivity contribution < 1.29 is 14.3 Å². The number of amides is 2. The first-order valence-corrected chi connectivity index (χ1v) is 10.0. The van der Waals surface area contributed by atoms with E-state index in [4.69, 9.17) is 16.3 Å². The topological polar surface area (TPSA) is 58.6 Å².